The van der Waals surface area contributed by atoms with Gasteiger partial charge in [0.2, 0.25) is 0 Å². The molecule has 0 atom stereocenters. The fourth-order valence-corrected chi connectivity index (χ4v) is 2.82. The second-order valence-electron chi connectivity index (χ2n) is 5.80. The lowest BCUT2D eigenvalue weighted by Crippen LogP contribution is -1.95. The molecule has 138 valence electrons. The molecule has 3 rings (SSSR count). The summed E-state index contributed by atoms with van der Waals surface area (Å²) in [6.45, 7) is 0. The molecule has 0 fully saturated rings. The van der Waals surface area contributed by atoms with Crippen LogP contribution in [-0.2, 0) is 4.79 Å². The second-order valence-corrected chi connectivity index (χ2v) is 5.80. The van der Waals surface area contributed by atoms with Crippen LogP contribution in [0.5, 0.6) is 17.2 Å². The van der Waals surface area contributed by atoms with Crippen LogP contribution in [-0.4, -0.2) is 32.1 Å². The number of methoxy groups -OCH3 is 3. The van der Waals surface area contributed by atoms with Crippen molar-refractivity contribution in [3.05, 3.63) is 65.9 Å². The Morgan fingerprint density at radius 3 is 2.26 bits per heavy atom. The number of ether oxygens (including phenoxy) is 3. The summed E-state index contributed by atoms with van der Waals surface area (Å²) < 4.78 is 16.0. The summed E-state index contributed by atoms with van der Waals surface area (Å²) >= 11 is 0. The molecule has 1 N–H and O–H groups in total. The Kier molecular flexibility index (Phi) is 5.61. The van der Waals surface area contributed by atoms with E-state index >= 15 is 0 Å². The number of H-pyrrole nitrogens is 1. The van der Waals surface area contributed by atoms with Crippen LogP contribution in [0.3, 0.4) is 0 Å². The Labute approximate surface area is 157 Å². The second kappa shape index (κ2) is 8.27. The van der Waals surface area contributed by atoms with Crippen LogP contribution in [0.4, 0.5) is 0 Å². The molecule has 0 amide bonds. The van der Waals surface area contributed by atoms with E-state index in [0.717, 1.165) is 16.5 Å². The van der Waals surface area contributed by atoms with Gasteiger partial charge < -0.3 is 19.2 Å². The molecule has 5 heteroatoms. The minimum absolute atomic E-state index is 0.139. The smallest absolute Gasteiger partial charge is 0.178 e. The average Bonchev–Trinajstić information content (AvgIpc) is 3.13. The van der Waals surface area contributed by atoms with E-state index in [1.807, 2.05) is 30.5 Å². The third kappa shape index (κ3) is 4.03. The molecule has 0 saturated heterocycles. The first-order valence-corrected chi connectivity index (χ1v) is 8.42. The predicted molar refractivity (Wildman–Crippen MR) is 107 cm³/mol. The fraction of sp³-hybridized carbons (Fsp3) is 0.136. The molecular weight excluding hydrogens is 342 g/mol. The molecule has 0 aliphatic rings. The van der Waals surface area contributed by atoms with Gasteiger partial charge in [-0.3, -0.25) is 4.79 Å². The zero-order valence-electron chi connectivity index (χ0n) is 15.5. The number of hydrogen-bond acceptors (Lipinski definition) is 4. The zero-order valence-corrected chi connectivity index (χ0v) is 15.5. The Balaban J connectivity index is 1.82. The Morgan fingerprint density at radius 1 is 0.926 bits per heavy atom. The highest BCUT2D eigenvalue weighted by Gasteiger charge is 2.11. The van der Waals surface area contributed by atoms with Crippen LogP contribution >= 0.6 is 0 Å². The summed E-state index contributed by atoms with van der Waals surface area (Å²) in [6.07, 6.45) is 8.38. The van der Waals surface area contributed by atoms with E-state index in [1.165, 1.54) is 12.2 Å². The van der Waals surface area contributed by atoms with Crippen molar-refractivity contribution in [2.45, 2.75) is 0 Å². The number of fused-ring (bicyclic) bond motifs is 1. The van der Waals surface area contributed by atoms with Gasteiger partial charge in [-0.15, -0.1) is 0 Å². The molecule has 1 aromatic heterocycles. The number of nitrogens with one attached hydrogen (secondary N) is 1. The van der Waals surface area contributed by atoms with Gasteiger partial charge in [-0.2, -0.15) is 0 Å². The molecule has 0 radical (unpaired) electrons. The number of aromatic nitrogens is 1. The van der Waals surface area contributed by atoms with Crippen LogP contribution < -0.4 is 14.2 Å². The van der Waals surface area contributed by atoms with E-state index < -0.39 is 0 Å². The lowest BCUT2D eigenvalue weighted by atomic mass is 10.1. The van der Waals surface area contributed by atoms with Crippen LogP contribution in [0.15, 0.2) is 54.7 Å². The van der Waals surface area contributed by atoms with Crippen LogP contribution in [0, 0.1) is 0 Å². The molecular formula is C22H21NO4. The third-order valence-electron chi connectivity index (χ3n) is 4.22. The highest BCUT2D eigenvalue weighted by atomic mass is 16.5. The zero-order chi connectivity index (χ0) is 19.2. The topological polar surface area (TPSA) is 60.5 Å². The largest absolute Gasteiger partial charge is 0.496 e. The number of para-hydroxylation sites is 1. The van der Waals surface area contributed by atoms with Crippen molar-refractivity contribution in [2.75, 3.05) is 21.3 Å². The summed E-state index contributed by atoms with van der Waals surface area (Å²) in [4.78, 5) is 15.5. The molecule has 0 saturated carbocycles. The SMILES string of the molecule is COc1cc(OC)c(/C=C/C(=O)/C=C/c2c[nH]c3ccccc23)c(OC)c1. The van der Waals surface area contributed by atoms with E-state index in [-0.39, 0.29) is 5.78 Å². The first-order valence-electron chi connectivity index (χ1n) is 8.42. The lowest BCUT2D eigenvalue weighted by molar-refractivity contribution is -0.110. The summed E-state index contributed by atoms with van der Waals surface area (Å²) in [5.74, 6) is 1.61. The van der Waals surface area contributed by atoms with Crippen molar-refractivity contribution in [3.63, 3.8) is 0 Å². The van der Waals surface area contributed by atoms with Crippen molar-refractivity contribution in [1.29, 1.82) is 0 Å². The van der Waals surface area contributed by atoms with Gasteiger partial charge in [0.05, 0.1) is 26.9 Å². The van der Waals surface area contributed by atoms with Gasteiger partial charge in [0.25, 0.3) is 0 Å². The number of allylic oxidation sites excluding steroid dienone is 2. The van der Waals surface area contributed by atoms with E-state index in [2.05, 4.69) is 4.98 Å². The number of carbonyl (C=O) groups is 1. The molecule has 27 heavy (non-hydrogen) atoms. The normalized spacial score (nSPS) is 11.4. The Morgan fingerprint density at radius 2 is 1.59 bits per heavy atom. The minimum Gasteiger partial charge on any atom is -0.496 e. The molecule has 0 bridgehead atoms. The highest BCUT2D eigenvalue weighted by molar-refractivity contribution is 6.06. The van der Waals surface area contributed by atoms with Gasteiger partial charge in [-0.25, -0.2) is 0 Å². The number of ketones is 1. The van der Waals surface area contributed by atoms with E-state index in [9.17, 15) is 4.79 Å². The predicted octanol–water partition coefficient (Wildman–Crippen LogP) is 4.49. The average molecular weight is 363 g/mol. The van der Waals surface area contributed by atoms with Crippen molar-refractivity contribution >= 4 is 28.8 Å². The van der Waals surface area contributed by atoms with E-state index in [0.29, 0.717) is 22.8 Å². The van der Waals surface area contributed by atoms with Gasteiger partial charge in [0.15, 0.2) is 5.78 Å². The molecule has 0 aliphatic carbocycles. The molecule has 2 aromatic carbocycles. The van der Waals surface area contributed by atoms with E-state index in [1.54, 1.807) is 45.6 Å². The summed E-state index contributed by atoms with van der Waals surface area (Å²) in [5.41, 5.74) is 2.68. The monoisotopic (exact) mass is 363 g/mol. The maximum atomic E-state index is 12.3. The number of hydrogen-bond donors (Lipinski definition) is 1. The van der Waals surface area contributed by atoms with E-state index in [4.69, 9.17) is 14.2 Å². The Hall–Kier alpha value is -3.47. The number of rotatable bonds is 7. The highest BCUT2D eigenvalue weighted by Crippen LogP contribution is 2.35. The lowest BCUT2D eigenvalue weighted by Gasteiger charge is -2.12. The molecule has 0 unspecified atom stereocenters. The number of carbonyl (C=O) groups excluding carboxylic acids is 1. The molecule has 1 heterocycles. The quantitative estimate of drug-likeness (QED) is 0.628. The fourth-order valence-electron chi connectivity index (χ4n) is 2.82. The van der Waals surface area contributed by atoms with Gasteiger partial charge in [0.1, 0.15) is 17.2 Å². The first kappa shape index (κ1) is 18.3. The minimum atomic E-state index is -0.139. The van der Waals surface area contributed by atoms with Crippen LogP contribution in [0.1, 0.15) is 11.1 Å². The molecule has 3 aromatic rings. The first-order chi connectivity index (χ1) is 13.2. The maximum Gasteiger partial charge on any atom is 0.178 e. The summed E-state index contributed by atoms with van der Waals surface area (Å²) in [5, 5.41) is 1.07. The van der Waals surface area contributed by atoms with Crippen molar-refractivity contribution in [2.24, 2.45) is 0 Å². The van der Waals surface area contributed by atoms with Gasteiger partial charge in [0, 0.05) is 29.2 Å². The Bertz CT molecular complexity index is 989. The third-order valence-corrected chi connectivity index (χ3v) is 4.22. The summed E-state index contributed by atoms with van der Waals surface area (Å²) in [7, 11) is 4.69. The van der Waals surface area contributed by atoms with Gasteiger partial charge >= 0.3 is 0 Å². The van der Waals surface area contributed by atoms with Gasteiger partial charge in [-0.1, -0.05) is 18.2 Å². The van der Waals surface area contributed by atoms with Crippen molar-refractivity contribution < 1.29 is 19.0 Å². The maximum absolute atomic E-state index is 12.3. The van der Waals surface area contributed by atoms with Crippen LogP contribution in [0.25, 0.3) is 23.1 Å². The number of aromatic amines is 1. The van der Waals surface area contributed by atoms with Gasteiger partial charge in [-0.05, 0) is 35.9 Å². The standard InChI is InChI=1S/C22H21NO4/c1-25-17-12-21(26-2)19(22(13-17)27-3)11-10-16(24)9-8-15-14-23-20-7-5-4-6-18(15)20/h4-14,23H,1-3H3/b9-8+,11-10+. The summed E-state index contributed by atoms with van der Waals surface area (Å²) in [6, 6.07) is 11.4. The van der Waals surface area contributed by atoms with Crippen LogP contribution in [0.2, 0.25) is 0 Å². The van der Waals surface area contributed by atoms with Crippen molar-refractivity contribution in [1.82, 2.24) is 4.98 Å². The van der Waals surface area contributed by atoms with Crippen molar-refractivity contribution in [3.8, 4) is 17.2 Å². The molecule has 0 spiro atoms. The molecule has 5 nitrogen and oxygen atoms in total. The molecule has 0 aliphatic heterocycles. The number of benzene rings is 2.